The Balaban J connectivity index is 1.84. The van der Waals surface area contributed by atoms with Crippen LogP contribution in [-0.2, 0) is 4.79 Å². The molecule has 0 radical (unpaired) electrons. The van der Waals surface area contributed by atoms with Gasteiger partial charge >= 0.3 is 0 Å². The number of amides is 1. The minimum Gasteiger partial charge on any atom is -0.356 e. The molecule has 2 N–H and O–H groups in total. The summed E-state index contributed by atoms with van der Waals surface area (Å²) in [5.74, 6) is 1.07. The molecule has 0 aromatic rings. The smallest absolute Gasteiger partial charge is 0.221 e. The Morgan fingerprint density at radius 1 is 1.12 bits per heavy atom. The van der Waals surface area contributed by atoms with Gasteiger partial charge in [0.2, 0.25) is 5.91 Å². The highest BCUT2D eigenvalue weighted by Crippen LogP contribution is 2.42. The summed E-state index contributed by atoms with van der Waals surface area (Å²) in [4.78, 5) is 18.7. The van der Waals surface area contributed by atoms with E-state index in [1.807, 2.05) is 20.9 Å². The van der Waals surface area contributed by atoms with Crippen molar-refractivity contribution in [3.8, 4) is 0 Å². The molecule has 1 saturated heterocycles. The molecule has 24 heavy (non-hydrogen) atoms. The van der Waals surface area contributed by atoms with Gasteiger partial charge in [-0.05, 0) is 44.9 Å². The Bertz CT molecular complexity index is 425. The van der Waals surface area contributed by atoms with E-state index in [0.717, 1.165) is 19.0 Å². The fraction of sp³-hybridized carbons (Fsp3) is 0.895. The summed E-state index contributed by atoms with van der Waals surface area (Å²) in [5.41, 5.74) is 0.501. The van der Waals surface area contributed by atoms with Gasteiger partial charge in [0, 0.05) is 39.1 Å². The van der Waals surface area contributed by atoms with Crippen LogP contribution in [0.4, 0.5) is 0 Å². The zero-order chi connectivity index (χ0) is 17.4. The highest BCUT2D eigenvalue weighted by molar-refractivity contribution is 5.81. The van der Waals surface area contributed by atoms with Crippen LogP contribution in [0.1, 0.15) is 71.6 Å². The van der Waals surface area contributed by atoms with Gasteiger partial charge in [0.05, 0.1) is 0 Å². The summed E-state index contributed by atoms with van der Waals surface area (Å²) in [5, 5.41) is 6.33. The van der Waals surface area contributed by atoms with Crippen LogP contribution in [0.5, 0.6) is 0 Å². The molecular formula is C19H36N4O. The summed E-state index contributed by atoms with van der Waals surface area (Å²) in [6.45, 7) is 6.84. The van der Waals surface area contributed by atoms with Gasteiger partial charge in [0.15, 0.2) is 5.96 Å². The van der Waals surface area contributed by atoms with Gasteiger partial charge in [-0.25, -0.2) is 0 Å². The number of rotatable bonds is 4. The van der Waals surface area contributed by atoms with Crippen LogP contribution in [0.3, 0.4) is 0 Å². The van der Waals surface area contributed by atoms with Gasteiger partial charge in [-0.2, -0.15) is 0 Å². The number of aliphatic imine (C=N–C) groups is 1. The lowest BCUT2D eigenvalue weighted by Crippen LogP contribution is -2.51. The second-order valence-corrected chi connectivity index (χ2v) is 7.89. The maximum Gasteiger partial charge on any atom is 0.221 e. The van der Waals surface area contributed by atoms with Crippen molar-refractivity contribution in [2.75, 3.05) is 26.7 Å². The van der Waals surface area contributed by atoms with Crippen LogP contribution in [0.15, 0.2) is 4.99 Å². The lowest BCUT2D eigenvalue weighted by molar-refractivity contribution is -0.121. The molecule has 1 amide bonds. The Morgan fingerprint density at radius 3 is 2.42 bits per heavy atom. The number of carbonyl (C=O) groups excluding carboxylic acids is 1. The van der Waals surface area contributed by atoms with Crippen molar-refractivity contribution < 1.29 is 4.79 Å². The molecule has 0 aromatic heterocycles. The van der Waals surface area contributed by atoms with Crippen LogP contribution < -0.4 is 10.6 Å². The Hall–Kier alpha value is -1.26. The minimum absolute atomic E-state index is 0.104. The number of piperidine rings is 1. The number of hydrogen-bond acceptors (Lipinski definition) is 2. The molecule has 5 heteroatoms. The molecule has 1 spiro atoms. The van der Waals surface area contributed by atoms with Gasteiger partial charge in [-0.1, -0.05) is 25.7 Å². The van der Waals surface area contributed by atoms with E-state index in [2.05, 4.69) is 20.5 Å². The van der Waals surface area contributed by atoms with E-state index < -0.39 is 0 Å². The van der Waals surface area contributed by atoms with Crippen LogP contribution in [0.25, 0.3) is 0 Å². The molecular weight excluding hydrogens is 300 g/mol. The van der Waals surface area contributed by atoms with Crippen molar-refractivity contribution in [2.24, 2.45) is 10.4 Å². The number of nitrogens with one attached hydrogen (secondary N) is 2. The third-order valence-electron chi connectivity index (χ3n) is 5.42. The molecule has 2 rings (SSSR count). The number of likely N-dealkylation sites (tertiary alicyclic amines) is 1. The normalized spacial score (nSPS) is 21.7. The predicted octanol–water partition coefficient (Wildman–Crippen LogP) is 2.91. The van der Waals surface area contributed by atoms with Crippen LogP contribution in [0.2, 0.25) is 0 Å². The zero-order valence-electron chi connectivity index (χ0n) is 15.9. The van der Waals surface area contributed by atoms with Gasteiger partial charge in [-0.3, -0.25) is 9.79 Å². The summed E-state index contributed by atoms with van der Waals surface area (Å²) in [7, 11) is 1.85. The molecule has 1 aliphatic heterocycles. The van der Waals surface area contributed by atoms with E-state index in [0.29, 0.717) is 18.4 Å². The van der Waals surface area contributed by atoms with E-state index in [-0.39, 0.29) is 11.9 Å². The zero-order valence-corrected chi connectivity index (χ0v) is 15.9. The van der Waals surface area contributed by atoms with E-state index >= 15 is 0 Å². The number of guanidine groups is 1. The first kappa shape index (κ1) is 19.1. The van der Waals surface area contributed by atoms with Crippen molar-refractivity contribution in [3.63, 3.8) is 0 Å². The fourth-order valence-electron chi connectivity index (χ4n) is 4.29. The second-order valence-electron chi connectivity index (χ2n) is 7.89. The van der Waals surface area contributed by atoms with Crippen molar-refractivity contribution in [2.45, 2.75) is 77.7 Å². The average Bonchev–Trinajstić information content (AvgIpc) is 2.76. The maximum absolute atomic E-state index is 11.8. The van der Waals surface area contributed by atoms with Crippen molar-refractivity contribution >= 4 is 11.9 Å². The average molecular weight is 337 g/mol. The molecule has 2 fully saturated rings. The van der Waals surface area contributed by atoms with Crippen molar-refractivity contribution in [1.82, 2.24) is 15.5 Å². The molecule has 5 nitrogen and oxygen atoms in total. The number of hydrogen-bond donors (Lipinski definition) is 2. The second kappa shape index (κ2) is 9.28. The molecule has 1 aliphatic carbocycles. The number of nitrogens with zero attached hydrogens (tertiary/aromatic N) is 2. The highest BCUT2D eigenvalue weighted by Gasteiger charge is 2.36. The fourth-order valence-corrected chi connectivity index (χ4v) is 4.29. The molecule has 1 saturated carbocycles. The molecule has 1 heterocycles. The van der Waals surface area contributed by atoms with E-state index in [1.54, 1.807) is 0 Å². The van der Waals surface area contributed by atoms with Crippen LogP contribution >= 0.6 is 0 Å². The topological polar surface area (TPSA) is 56.7 Å². The summed E-state index contributed by atoms with van der Waals surface area (Å²) in [6, 6.07) is 0.203. The molecule has 0 unspecified atom stereocenters. The Labute approximate surface area is 147 Å². The predicted molar refractivity (Wildman–Crippen MR) is 100 cm³/mol. The molecule has 0 atom stereocenters. The van der Waals surface area contributed by atoms with Gasteiger partial charge < -0.3 is 15.5 Å². The molecule has 0 bridgehead atoms. The molecule has 2 aliphatic rings. The molecule has 138 valence electrons. The van der Waals surface area contributed by atoms with Gasteiger partial charge in [0.1, 0.15) is 0 Å². The van der Waals surface area contributed by atoms with Gasteiger partial charge in [0.25, 0.3) is 0 Å². The Morgan fingerprint density at radius 2 is 1.79 bits per heavy atom. The lowest BCUT2D eigenvalue weighted by Gasteiger charge is -2.44. The van der Waals surface area contributed by atoms with Crippen molar-refractivity contribution in [1.29, 1.82) is 0 Å². The first-order chi connectivity index (χ1) is 11.5. The quantitative estimate of drug-likeness (QED) is 0.613. The number of carbonyl (C=O) groups is 1. The van der Waals surface area contributed by atoms with Gasteiger partial charge in [-0.15, -0.1) is 0 Å². The first-order valence-corrected chi connectivity index (χ1v) is 9.80. The minimum atomic E-state index is 0.104. The maximum atomic E-state index is 11.8. The third-order valence-corrected chi connectivity index (χ3v) is 5.42. The van der Waals surface area contributed by atoms with E-state index in [1.165, 1.54) is 51.4 Å². The SMILES string of the molecule is CN=C(NCCC(=O)NC(C)C)N1CCCC2(CCCCCC2)C1. The van der Waals surface area contributed by atoms with Crippen LogP contribution in [0, 0.1) is 5.41 Å². The Kier molecular flexibility index (Phi) is 7.38. The van der Waals surface area contributed by atoms with Crippen LogP contribution in [-0.4, -0.2) is 49.5 Å². The standard InChI is InChI=1S/C19H36N4O/c1-16(2)22-17(24)9-13-21-18(20-3)23-14-8-12-19(15-23)10-6-4-5-7-11-19/h16H,4-15H2,1-3H3,(H,20,21)(H,22,24). The monoisotopic (exact) mass is 336 g/mol. The summed E-state index contributed by atoms with van der Waals surface area (Å²) >= 11 is 0. The third kappa shape index (κ3) is 5.67. The molecule has 0 aromatic carbocycles. The van der Waals surface area contributed by atoms with Crippen molar-refractivity contribution in [3.05, 3.63) is 0 Å². The highest BCUT2D eigenvalue weighted by atomic mass is 16.1. The van der Waals surface area contributed by atoms with E-state index in [9.17, 15) is 4.79 Å². The van der Waals surface area contributed by atoms with E-state index in [4.69, 9.17) is 0 Å². The summed E-state index contributed by atoms with van der Waals surface area (Å²) in [6.07, 6.45) is 11.4. The summed E-state index contributed by atoms with van der Waals surface area (Å²) < 4.78 is 0. The largest absolute Gasteiger partial charge is 0.356 e. The first-order valence-electron chi connectivity index (χ1n) is 9.80. The lowest BCUT2D eigenvalue weighted by atomic mass is 9.74.